The van der Waals surface area contributed by atoms with Crippen LogP contribution < -0.4 is 10.1 Å². The van der Waals surface area contributed by atoms with Crippen molar-refractivity contribution in [3.8, 4) is 5.75 Å². The lowest BCUT2D eigenvalue weighted by molar-refractivity contribution is -0.128. The standard InChI is InChI=1S/C24H24N4O3S/c1-14-4-3-5-20-22(14)26-24(32-20)27-23(30)16-10-21(29)28(13-16)9-8-15-12-25-19-7-6-17(31-2)11-18(15)19/h3-7,11-12,16,25H,8-10,13H2,1-2H3,(H,26,27,30). The molecule has 3 heterocycles. The molecule has 1 aliphatic heterocycles. The third-order valence-electron chi connectivity index (χ3n) is 6.06. The fourth-order valence-electron chi connectivity index (χ4n) is 4.26. The van der Waals surface area contributed by atoms with Crippen LogP contribution in [0.2, 0.25) is 0 Å². The van der Waals surface area contributed by atoms with Gasteiger partial charge in [-0.05, 0) is 48.7 Å². The van der Waals surface area contributed by atoms with Crippen LogP contribution in [0.5, 0.6) is 5.75 Å². The van der Waals surface area contributed by atoms with Crippen LogP contribution in [0.1, 0.15) is 17.5 Å². The van der Waals surface area contributed by atoms with Crippen LogP contribution in [0.25, 0.3) is 21.1 Å². The number of para-hydroxylation sites is 1. The summed E-state index contributed by atoms with van der Waals surface area (Å²) < 4.78 is 6.37. The Labute approximate surface area is 189 Å². The highest BCUT2D eigenvalue weighted by Gasteiger charge is 2.34. The molecule has 7 nitrogen and oxygen atoms in total. The van der Waals surface area contributed by atoms with Gasteiger partial charge in [0, 0.05) is 36.6 Å². The lowest BCUT2D eigenvalue weighted by atomic mass is 10.1. The van der Waals surface area contributed by atoms with Crippen LogP contribution in [0.15, 0.2) is 42.6 Å². The molecule has 0 bridgehead atoms. The molecule has 2 amide bonds. The number of hydrogen-bond donors (Lipinski definition) is 2. The van der Waals surface area contributed by atoms with Gasteiger partial charge in [0.2, 0.25) is 11.8 Å². The van der Waals surface area contributed by atoms with Gasteiger partial charge >= 0.3 is 0 Å². The molecule has 1 aliphatic rings. The molecule has 1 unspecified atom stereocenters. The van der Waals surface area contributed by atoms with Crippen LogP contribution in [-0.2, 0) is 16.0 Å². The second-order valence-corrected chi connectivity index (χ2v) is 9.18. The van der Waals surface area contributed by atoms with Gasteiger partial charge in [0.1, 0.15) is 5.75 Å². The Morgan fingerprint density at radius 3 is 3.03 bits per heavy atom. The normalized spacial score (nSPS) is 16.2. The van der Waals surface area contributed by atoms with Crippen molar-refractivity contribution in [3.05, 3.63) is 53.7 Å². The zero-order valence-electron chi connectivity index (χ0n) is 18.0. The first-order chi connectivity index (χ1) is 15.5. The summed E-state index contributed by atoms with van der Waals surface area (Å²) in [6, 6.07) is 11.9. The van der Waals surface area contributed by atoms with Gasteiger partial charge in [-0.25, -0.2) is 4.98 Å². The van der Waals surface area contributed by atoms with E-state index in [-0.39, 0.29) is 24.2 Å². The number of ether oxygens (including phenoxy) is 1. The molecule has 32 heavy (non-hydrogen) atoms. The summed E-state index contributed by atoms with van der Waals surface area (Å²) in [7, 11) is 1.65. The quantitative estimate of drug-likeness (QED) is 0.464. The molecule has 0 aliphatic carbocycles. The van der Waals surface area contributed by atoms with Gasteiger partial charge in [0.05, 0.1) is 23.2 Å². The van der Waals surface area contributed by atoms with E-state index in [1.807, 2.05) is 49.5 Å². The zero-order chi connectivity index (χ0) is 22.2. The predicted molar refractivity (Wildman–Crippen MR) is 126 cm³/mol. The first-order valence-electron chi connectivity index (χ1n) is 10.6. The Balaban J connectivity index is 1.23. The number of carbonyl (C=O) groups excluding carboxylic acids is 2. The van der Waals surface area contributed by atoms with Crippen molar-refractivity contribution < 1.29 is 14.3 Å². The fourth-order valence-corrected chi connectivity index (χ4v) is 5.20. The van der Waals surface area contributed by atoms with E-state index in [1.54, 1.807) is 12.0 Å². The molecule has 164 valence electrons. The number of nitrogens with zero attached hydrogens (tertiary/aromatic N) is 2. The van der Waals surface area contributed by atoms with Crippen molar-refractivity contribution in [1.82, 2.24) is 14.9 Å². The largest absolute Gasteiger partial charge is 0.497 e. The highest BCUT2D eigenvalue weighted by atomic mass is 32.1. The molecule has 4 aromatic rings. The Kier molecular flexibility index (Phi) is 5.30. The number of benzene rings is 2. The molecule has 1 atom stereocenters. The van der Waals surface area contributed by atoms with Gasteiger partial charge in [-0.1, -0.05) is 23.5 Å². The number of nitrogens with one attached hydrogen (secondary N) is 2. The zero-order valence-corrected chi connectivity index (χ0v) is 18.8. The van der Waals surface area contributed by atoms with Gasteiger partial charge in [-0.15, -0.1) is 0 Å². The monoisotopic (exact) mass is 448 g/mol. The van der Waals surface area contributed by atoms with E-state index in [2.05, 4.69) is 15.3 Å². The molecule has 1 fully saturated rings. The molecule has 8 heteroatoms. The number of aromatic nitrogens is 2. The Hall–Kier alpha value is -3.39. The molecule has 1 saturated heterocycles. The maximum atomic E-state index is 12.8. The molecular formula is C24H24N4O3S. The number of aromatic amines is 1. The summed E-state index contributed by atoms with van der Waals surface area (Å²) in [5.41, 5.74) is 4.16. The van der Waals surface area contributed by atoms with Crippen LogP contribution in [-0.4, -0.2) is 46.9 Å². The number of anilines is 1. The van der Waals surface area contributed by atoms with E-state index in [0.29, 0.717) is 24.6 Å². The van der Waals surface area contributed by atoms with E-state index >= 15 is 0 Å². The smallest absolute Gasteiger partial charge is 0.231 e. The number of H-pyrrole nitrogens is 1. The number of rotatable bonds is 6. The molecule has 2 aromatic carbocycles. The molecule has 0 spiro atoms. The Bertz CT molecular complexity index is 1330. The number of thiazole rings is 1. The number of carbonyl (C=O) groups is 2. The number of methoxy groups -OCH3 is 1. The molecular weight excluding hydrogens is 424 g/mol. The first-order valence-corrected chi connectivity index (χ1v) is 11.4. The summed E-state index contributed by atoms with van der Waals surface area (Å²) >= 11 is 1.46. The summed E-state index contributed by atoms with van der Waals surface area (Å²) in [6.45, 7) is 3.01. The van der Waals surface area contributed by atoms with Crippen molar-refractivity contribution >= 4 is 49.4 Å². The van der Waals surface area contributed by atoms with Gasteiger partial charge in [0.25, 0.3) is 0 Å². The average Bonchev–Trinajstić information content (AvgIpc) is 3.49. The maximum Gasteiger partial charge on any atom is 0.231 e. The minimum absolute atomic E-state index is 0.0164. The summed E-state index contributed by atoms with van der Waals surface area (Å²) in [5, 5.41) is 4.59. The van der Waals surface area contributed by atoms with Crippen LogP contribution in [0.3, 0.4) is 0 Å². The van der Waals surface area contributed by atoms with Crippen molar-refractivity contribution in [2.75, 3.05) is 25.5 Å². The number of fused-ring (bicyclic) bond motifs is 2. The molecule has 0 saturated carbocycles. The Morgan fingerprint density at radius 2 is 2.22 bits per heavy atom. The van der Waals surface area contributed by atoms with Gasteiger partial charge in [-0.3, -0.25) is 9.59 Å². The second kappa shape index (κ2) is 8.27. The van der Waals surface area contributed by atoms with Crippen molar-refractivity contribution in [2.45, 2.75) is 19.8 Å². The minimum atomic E-state index is -0.362. The summed E-state index contributed by atoms with van der Waals surface area (Å²) in [5.74, 6) is 0.313. The number of amides is 2. The Morgan fingerprint density at radius 1 is 1.34 bits per heavy atom. The van der Waals surface area contributed by atoms with E-state index in [4.69, 9.17) is 4.74 Å². The van der Waals surface area contributed by atoms with Crippen LogP contribution >= 0.6 is 11.3 Å². The second-order valence-electron chi connectivity index (χ2n) is 8.15. The van der Waals surface area contributed by atoms with E-state index in [1.165, 1.54) is 11.3 Å². The predicted octanol–water partition coefficient (Wildman–Crippen LogP) is 4.12. The lowest BCUT2D eigenvalue weighted by Crippen LogP contribution is -2.29. The number of likely N-dealkylation sites (tertiary alicyclic amines) is 1. The molecule has 2 aromatic heterocycles. The molecule has 0 radical (unpaired) electrons. The number of aryl methyl sites for hydroxylation is 1. The van der Waals surface area contributed by atoms with Gasteiger partial charge < -0.3 is 19.9 Å². The fraction of sp³-hybridized carbons (Fsp3) is 0.292. The molecule has 2 N–H and O–H groups in total. The third-order valence-corrected chi connectivity index (χ3v) is 7.00. The first kappa shape index (κ1) is 20.5. The SMILES string of the molecule is COc1ccc2[nH]cc(CCN3CC(C(=O)Nc4nc5c(C)cccc5s4)CC3=O)c2c1. The molecule has 5 rings (SSSR count). The van der Waals surface area contributed by atoms with Gasteiger partial charge in [-0.2, -0.15) is 0 Å². The van der Waals surface area contributed by atoms with Crippen LogP contribution in [0.4, 0.5) is 5.13 Å². The highest BCUT2D eigenvalue weighted by Crippen LogP contribution is 2.29. The van der Waals surface area contributed by atoms with Crippen molar-refractivity contribution in [3.63, 3.8) is 0 Å². The summed E-state index contributed by atoms with van der Waals surface area (Å²) in [4.78, 5) is 35.0. The summed E-state index contributed by atoms with van der Waals surface area (Å²) in [6.07, 6.45) is 2.92. The lowest BCUT2D eigenvalue weighted by Gasteiger charge is -2.16. The van der Waals surface area contributed by atoms with Crippen LogP contribution in [0, 0.1) is 12.8 Å². The number of hydrogen-bond acceptors (Lipinski definition) is 5. The maximum absolute atomic E-state index is 12.8. The highest BCUT2D eigenvalue weighted by molar-refractivity contribution is 7.22. The van der Waals surface area contributed by atoms with Crippen molar-refractivity contribution in [1.29, 1.82) is 0 Å². The van der Waals surface area contributed by atoms with Crippen molar-refractivity contribution in [2.24, 2.45) is 5.92 Å². The topological polar surface area (TPSA) is 87.3 Å². The minimum Gasteiger partial charge on any atom is -0.497 e. The third kappa shape index (κ3) is 3.82. The van der Waals surface area contributed by atoms with E-state index < -0.39 is 0 Å². The van der Waals surface area contributed by atoms with E-state index in [9.17, 15) is 9.59 Å². The van der Waals surface area contributed by atoms with E-state index in [0.717, 1.165) is 38.0 Å². The average molecular weight is 449 g/mol. The van der Waals surface area contributed by atoms with Gasteiger partial charge in [0.15, 0.2) is 5.13 Å².